The van der Waals surface area contributed by atoms with E-state index in [0.29, 0.717) is 11.6 Å². The topological polar surface area (TPSA) is 43.6 Å². The van der Waals surface area contributed by atoms with Crippen molar-refractivity contribution in [3.63, 3.8) is 0 Å². The van der Waals surface area contributed by atoms with Gasteiger partial charge in [-0.15, -0.1) is 22.7 Å². The van der Waals surface area contributed by atoms with E-state index in [4.69, 9.17) is 15.0 Å². The van der Waals surface area contributed by atoms with Gasteiger partial charge in [0.15, 0.2) is 11.6 Å². The third kappa shape index (κ3) is 5.22. The first-order valence-corrected chi connectivity index (χ1v) is 20.9. The molecule has 4 nitrogen and oxygen atoms in total. The number of nitrogens with zero attached hydrogens (tertiary/aromatic N) is 4. The second-order valence-corrected chi connectivity index (χ2v) is 16.8. The predicted octanol–water partition coefficient (Wildman–Crippen LogP) is 12.3. The zero-order valence-electron chi connectivity index (χ0n) is 30.6. The minimum absolute atomic E-state index is 0.0407. The number of thiophene rings is 2. The van der Waals surface area contributed by atoms with Gasteiger partial charge in [-0.2, -0.15) is 0 Å². The molecule has 0 bridgehead atoms. The third-order valence-electron chi connectivity index (χ3n) is 11.4. The van der Waals surface area contributed by atoms with Crippen LogP contribution in [-0.4, -0.2) is 19.5 Å². The quantitative estimate of drug-likeness (QED) is 0.175. The van der Waals surface area contributed by atoms with Gasteiger partial charge in [-0.1, -0.05) is 152 Å². The zero-order chi connectivity index (χ0) is 37.5. The van der Waals surface area contributed by atoms with E-state index in [0.717, 1.165) is 23.4 Å². The van der Waals surface area contributed by atoms with Gasteiger partial charge in [0.1, 0.15) is 5.82 Å². The van der Waals surface area contributed by atoms with Gasteiger partial charge in [-0.3, -0.25) is 0 Å². The van der Waals surface area contributed by atoms with Crippen LogP contribution in [-0.2, 0) is 0 Å². The van der Waals surface area contributed by atoms with E-state index in [-0.39, 0.29) is 5.92 Å². The van der Waals surface area contributed by atoms with Crippen molar-refractivity contribution < 1.29 is 0 Å². The molecule has 0 aliphatic heterocycles. The molecular weight excluding hydrogens is 733 g/mol. The van der Waals surface area contributed by atoms with E-state index in [1.165, 1.54) is 78.6 Å². The standard InChI is InChI=1S/C51H32N4S2/c1-3-13-31(14-4-1)49-52-50(32-15-5-2-6-16-32)54-51(53-49)34-26-28-45-41(29-34)38-27-25-33(30-46(38)56-45)35-19-11-20-39-40-21-12-24-44(48(40)57-47(35)39)55-42-22-9-7-17-36(42)37-18-8-10-23-43(37)55/h1-25,27-30,34H,26H2. The van der Waals surface area contributed by atoms with Crippen molar-refractivity contribution in [3.8, 4) is 39.6 Å². The average molecular weight is 765 g/mol. The summed E-state index contributed by atoms with van der Waals surface area (Å²) in [4.78, 5) is 15.1. The summed E-state index contributed by atoms with van der Waals surface area (Å²) in [5, 5.41) is 7.70. The summed E-state index contributed by atoms with van der Waals surface area (Å²) in [5.41, 5.74) is 8.18. The van der Waals surface area contributed by atoms with E-state index in [1.54, 1.807) is 0 Å². The second kappa shape index (κ2) is 12.9. The molecule has 11 aromatic rings. The molecule has 1 unspecified atom stereocenters. The van der Waals surface area contributed by atoms with E-state index in [9.17, 15) is 0 Å². The van der Waals surface area contributed by atoms with Gasteiger partial charge >= 0.3 is 0 Å². The van der Waals surface area contributed by atoms with E-state index < -0.39 is 0 Å². The average Bonchev–Trinajstić information content (AvgIpc) is 3.96. The number of fused-ring (bicyclic) bond motifs is 9. The Morgan fingerprint density at radius 3 is 1.81 bits per heavy atom. The molecule has 7 aromatic carbocycles. The summed E-state index contributed by atoms with van der Waals surface area (Å²) in [6.45, 7) is 0. The molecule has 0 radical (unpaired) electrons. The van der Waals surface area contributed by atoms with Crippen LogP contribution in [0.3, 0.4) is 0 Å². The maximum absolute atomic E-state index is 5.07. The molecule has 0 N–H and O–H groups in total. The van der Waals surface area contributed by atoms with Gasteiger partial charge < -0.3 is 4.57 Å². The molecule has 1 aliphatic carbocycles. The van der Waals surface area contributed by atoms with Gasteiger partial charge in [-0.05, 0) is 47.0 Å². The van der Waals surface area contributed by atoms with Crippen LogP contribution < -0.4 is 9.75 Å². The van der Waals surface area contributed by atoms with Crippen LogP contribution >= 0.6 is 22.7 Å². The summed E-state index contributed by atoms with van der Waals surface area (Å²) >= 11 is 3.79. The molecule has 4 aromatic heterocycles. The zero-order valence-corrected chi connectivity index (χ0v) is 32.3. The SMILES string of the molecule is C1=c2sc3cc(-c4cccc5c4sc4c(-n6c7ccccc7c7ccccc76)cccc45)ccc3c2=CC(c2nc(-c3ccccc3)nc(-c3ccccc3)n2)C1. The highest BCUT2D eigenvalue weighted by Crippen LogP contribution is 2.44. The summed E-state index contributed by atoms with van der Waals surface area (Å²) in [5.74, 6) is 2.25. The number of hydrogen-bond acceptors (Lipinski definition) is 5. The molecule has 0 saturated carbocycles. The Labute approximate surface area is 336 Å². The lowest BCUT2D eigenvalue weighted by atomic mass is 9.97. The van der Waals surface area contributed by atoms with Crippen LogP contribution in [0, 0.1) is 0 Å². The smallest absolute Gasteiger partial charge is 0.163 e. The molecule has 268 valence electrons. The van der Waals surface area contributed by atoms with Crippen molar-refractivity contribution in [2.24, 2.45) is 0 Å². The van der Waals surface area contributed by atoms with Crippen LogP contribution in [0.5, 0.6) is 0 Å². The van der Waals surface area contributed by atoms with Gasteiger partial charge in [-0.25, -0.2) is 15.0 Å². The third-order valence-corrected chi connectivity index (χ3v) is 13.8. The molecule has 0 fully saturated rings. The largest absolute Gasteiger partial charge is 0.308 e. The number of para-hydroxylation sites is 2. The highest BCUT2D eigenvalue weighted by molar-refractivity contribution is 7.26. The van der Waals surface area contributed by atoms with Crippen molar-refractivity contribution in [2.75, 3.05) is 0 Å². The molecular formula is C51H32N4S2. The highest BCUT2D eigenvalue weighted by Gasteiger charge is 2.21. The maximum Gasteiger partial charge on any atom is 0.163 e. The van der Waals surface area contributed by atoms with Crippen molar-refractivity contribution >= 4 is 86.9 Å². The van der Waals surface area contributed by atoms with Gasteiger partial charge in [0, 0.05) is 57.9 Å². The number of hydrogen-bond donors (Lipinski definition) is 0. The monoisotopic (exact) mass is 764 g/mol. The molecule has 0 amide bonds. The first kappa shape index (κ1) is 32.5. The fourth-order valence-corrected chi connectivity index (χ4v) is 11.2. The summed E-state index contributed by atoms with van der Waals surface area (Å²) < 4.78 is 7.68. The summed E-state index contributed by atoms with van der Waals surface area (Å²) in [6, 6.07) is 58.6. The lowest BCUT2D eigenvalue weighted by molar-refractivity contribution is 0.810. The molecule has 1 aliphatic rings. The van der Waals surface area contributed by atoms with E-state index in [2.05, 4.69) is 144 Å². The Kier molecular flexibility index (Phi) is 7.37. The van der Waals surface area contributed by atoms with Gasteiger partial charge in [0.25, 0.3) is 0 Å². The molecule has 0 saturated heterocycles. The Balaban J connectivity index is 0.973. The highest BCUT2D eigenvalue weighted by atomic mass is 32.1. The van der Waals surface area contributed by atoms with Crippen LogP contribution in [0.4, 0.5) is 0 Å². The lowest BCUT2D eigenvalue weighted by Gasteiger charge is -2.14. The maximum atomic E-state index is 5.07. The molecule has 1 atom stereocenters. The molecule has 0 spiro atoms. The Morgan fingerprint density at radius 2 is 1.11 bits per heavy atom. The lowest BCUT2D eigenvalue weighted by Crippen LogP contribution is -2.24. The summed E-state index contributed by atoms with van der Waals surface area (Å²) in [6.07, 6.45) is 5.60. The molecule has 4 heterocycles. The van der Waals surface area contributed by atoms with Crippen LogP contribution in [0.1, 0.15) is 18.2 Å². The Hall–Kier alpha value is -6.73. The van der Waals surface area contributed by atoms with Crippen LogP contribution in [0.15, 0.2) is 164 Å². The Bertz CT molecular complexity index is 3400. The van der Waals surface area contributed by atoms with Crippen LogP contribution in [0.2, 0.25) is 0 Å². The molecule has 12 rings (SSSR count). The minimum atomic E-state index is 0.0407. The normalized spacial score (nSPS) is 14.0. The number of benzene rings is 7. The van der Waals surface area contributed by atoms with Crippen molar-refractivity contribution in [1.82, 2.24) is 19.5 Å². The molecule has 6 heteroatoms. The van der Waals surface area contributed by atoms with Crippen molar-refractivity contribution in [1.29, 1.82) is 0 Å². The van der Waals surface area contributed by atoms with E-state index >= 15 is 0 Å². The number of aromatic nitrogens is 4. The first-order valence-electron chi connectivity index (χ1n) is 19.3. The second-order valence-electron chi connectivity index (χ2n) is 14.7. The minimum Gasteiger partial charge on any atom is -0.308 e. The van der Waals surface area contributed by atoms with E-state index in [1.807, 2.05) is 59.1 Å². The molecule has 57 heavy (non-hydrogen) atoms. The Morgan fingerprint density at radius 1 is 0.491 bits per heavy atom. The van der Waals surface area contributed by atoms with Gasteiger partial charge in [0.05, 0.1) is 21.4 Å². The van der Waals surface area contributed by atoms with Crippen molar-refractivity contribution in [2.45, 2.75) is 12.3 Å². The fraction of sp³-hybridized carbons (Fsp3) is 0.0392. The first-order chi connectivity index (χ1) is 28.2. The number of rotatable bonds is 5. The summed E-state index contributed by atoms with van der Waals surface area (Å²) in [7, 11) is 0. The van der Waals surface area contributed by atoms with Crippen molar-refractivity contribution in [3.05, 3.63) is 179 Å². The van der Waals surface area contributed by atoms with Gasteiger partial charge in [0.2, 0.25) is 0 Å². The predicted molar refractivity (Wildman–Crippen MR) is 241 cm³/mol. The van der Waals surface area contributed by atoms with Crippen LogP contribution in [0.25, 0.3) is 104 Å². The fourth-order valence-electron chi connectivity index (χ4n) is 8.69.